The van der Waals surface area contributed by atoms with Crippen molar-refractivity contribution in [3.63, 3.8) is 0 Å². The van der Waals surface area contributed by atoms with Crippen LogP contribution in [0.2, 0.25) is 0 Å². The molecule has 1 N–H and O–H groups in total. The van der Waals surface area contributed by atoms with Gasteiger partial charge in [-0.1, -0.05) is 6.92 Å². The highest BCUT2D eigenvalue weighted by Gasteiger charge is 2.24. The van der Waals surface area contributed by atoms with E-state index in [1.54, 1.807) is 17.3 Å². The maximum Gasteiger partial charge on any atom is 0.137 e. The van der Waals surface area contributed by atoms with E-state index in [9.17, 15) is 5.11 Å². The van der Waals surface area contributed by atoms with Crippen molar-refractivity contribution in [2.75, 3.05) is 45.9 Å². The maximum atomic E-state index is 10.4. The molecular weight excluding hydrogens is 294 g/mol. The zero-order chi connectivity index (χ0) is 16.1. The topological polar surface area (TPSA) is 66.7 Å². The van der Waals surface area contributed by atoms with E-state index in [1.165, 1.54) is 12.8 Å². The third kappa shape index (κ3) is 5.24. The normalized spacial score (nSPS) is 26.4. The Labute approximate surface area is 138 Å². The number of hydrogen-bond donors (Lipinski definition) is 1. The molecule has 7 heteroatoms. The molecular formula is C16H29N5O2. The van der Waals surface area contributed by atoms with Gasteiger partial charge in [-0.05, 0) is 31.8 Å². The van der Waals surface area contributed by atoms with E-state index in [4.69, 9.17) is 4.74 Å². The molecule has 0 radical (unpaired) electrons. The lowest BCUT2D eigenvalue weighted by Gasteiger charge is -2.36. The Bertz CT molecular complexity index is 447. The summed E-state index contributed by atoms with van der Waals surface area (Å²) >= 11 is 0. The van der Waals surface area contributed by atoms with Crippen molar-refractivity contribution in [3.05, 3.63) is 12.7 Å². The number of piperidine rings is 1. The molecule has 23 heavy (non-hydrogen) atoms. The predicted molar refractivity (Wildman–Crippen MR) is 87.0 cm³/mol. The average Bonchev–Trinajstić information content (AvgIpc) is 3.03. The summed E-state index contributed by atoms with van der Waals surface area (Å²) in [5, 5.41) is 14.5. The fraction of sp³-hybridized carbons (Fsp3) is 0.875. The van der Waals surface area contributed by atoms with Gasteiger partial charge in [0, 0.05) is 26.2 Å². The molecule has 3 rings (SSSR count). The van der Waals surface area contributed by atoms with Gasteiger partial charge >= 0.3 is 0 Å². The molecule has 0 unspecified atom stereocenters. The van der Waals surface area contributed by atoms with Gasteiger partial charge in [0.1, 0.15) is 12.7 Å². The van der Waals surface area contributed by atoms with Gasteiger partial charge in [-0.3, -0.25) is 9.58 Å². The largest absolute Gasteiger partial charge is 0.390 e. The monoisotopic (exact) mass is 323 g/mol. The van der Waals surface area contributed by atoms with E-state index >= 15 is 0 Å². The van der Waals surface area contributed by atoms with Crippen LogP contribution in [0.25, 0.3) is 0 Å². The maximum absolute atomic E-state index is 10.4. The van der Waals surface area contributed by atoms with E-state index in [1.807, 2.05) is 0 Å². The second-order valence-corrected chi connectivity index (χ2v) is 7.01. The summed E-state index contributed by atoms with van der Waals surface area (Å²) in [4.78, 5) is 8.67. The van der Waals surface area contributed by atoms with Crippen molar-refractivity contribution in [1.82, 2.24) is 24.6 Å². The van der Waals surface area contributed by atoms with Crippen LogP contribution >= 0.6 is 0 Å². The van der Waals surface area contributed by atoms with Crippen LogP contribution in [-0.2, 0) is 11.3 Å². The van der Waals surface area contributed by atoms with Crippen molar-refractivity contribution in [1.29, 1.82) is 0 Å². The number of morpholine rings is 1. The molecule has 3 heterocycles. The van der Waals surface area contributed by atoms with E-state index in [2.05, 4.69) is 26.8 Å². The first-order chi connectivity index (χ1) is 11.2. The first-order valence-corrected chi connectivity index (χ1v) is 8.76. The summed E-state index contributed by atoms with van der Waals surface area (Å²) in [6, 6.07) is 0. The quantitative estimate of drug-likeness (QED) is 0.799. The molecule has 0 aromatic carbocycles. The fourth-order valence-corrected chi connectivity index (χ4v) is 3.49. The van der Waals surface area contributed by atoms with Gasteiger partial charge in [0.25, 0.3) is 0 Å². The van der Waals surface area contributed by atoms with E-state index < -0.39 is 0 Å². The smallest absolute Gasteiger partial charge is 0.137 e. The minimum absolute atomic E-state index is 0.119. The van der Waals surface area contributed by atoms with E-state index in [0.29, 0.717) is 6.61 Å². The van der Waals surface area contributed by atoms with Crippen molar-refractivity contribution in [3.8, 4) is 0 Å². The molecule has 0 saturated carbocycles. The lowest BCUT2D eigenvalue weighted by Crippen LogP contribution is -2.49. The second kappa shape index (κ2) is 8.19. The minimum Gasteiger partial charge on any atom is -0.390 e. The van der Waals surface area contributed by atoms with Crippen LogP contribution in [0.15, 0.2) is 12.7 Å². The van der Waals surface area contributed by atoms with Crippen LogP contribution in [-0.4, -0.2) is 87.8 Å². The lowest BCUT2D eigenvalue weighted by molar-refractivity contribution is -0.0514. The molecule has 1 aromatic rings. The molecule has 2 aliphatic heterocycles. The zero-order valence-electron chi connectivity index (χ0n) is 14.0. The van der Waals surface area contributed by atoms with Crippen molar-refractivity contribution >= 4 is 0 Å². The standard InChI is InChI=1S/C16H29N5O2/c1-14-2-4-19(5-3-14)8-15(22)9-20-6-7-23-16(10-20)11-21-13-17-12-18-21/h12-16,22H,2-11H2,1H3/t15-,16+/m1/s1. The molecule has 2 atom stereocenters. The Morgan fingerprint density at radius 2 is 2.00 bits per heavy atom. The van der Waals surface area contributed by atoms with Crippen LogP contribution in [0.4, 0.5) is 0 Å². The highest BCUT2D eigenvalue weighted by Crippen LogP contribution is 2.16. The van der Waals surface area contributed by atoms with Crippen molar-refractivity contribution in [2.45, 2.75) is 38.5 Å². The second-order valence-electron chi connectivity index (χ2n) is 7.01. The van der Waals surface area contributed by atoms with Crippen LogP contribution in [0, 0.1) is 5.92 Å². The van der Waals surface area contributed by atoms with Crippen LogP contribution < -0.4 is 0 Å². The summed E-state index contributed by atoms with van der Waals surface area (Å²) in [6.45, 7) is 9.24. The lowest BCUT2D eigenvalue weighted by atomic mass is 9.99. The fourth-order valence-electron chi connectivity index (χ4n) is 3.49. The van der Waals surface area contributed by atoms with Gasteiger partial charge < -0.3 is 14.7 Å². The first kappa shape index (κ1) is 16.8. The van der Waals surface area contributed by atoms with Crippen molar-refractivity contribution < 1.29 is 9.84 Å². The molecule has 2 fully saturated rings. The Balaban J connectivity index is 1.40. The van der Waals surface area contributed by atoms with E-state index in [-0.39, 0.29) is 12.2 Å². The molecule has 0 bridgehead atoms. The van der Waals surface area contributed by atoms with Gasteiger partial charge in [0.05, 0.1) is 25.4 Å². The third-order valence-electron chi connectivity index (χ3n) is 4.89. The number of aliphatic hydroxyl groups is 1. The Kier molecular flexibility index (Phi) is 5.99. The molecule has 2 aliphatic rings. The number of rotatable bonds is 6. The Hall–Kier alpha value is -1.02. The number of hydrogen-bond acceptors (Lipinski definition) is 6. The van der Waals surface area contributed by atoms with Crippen LogP contribution in [0.3, 0.4) is 0 Å². The van der Waals surface area contributed by atoms with Crippen molar-refractivity contribution in [2.24, 2.45) is 5.92 Å². The Morgan fingerprint density at radius 1 is 1.22 bits per heavy atom. The van der Waals surface area contributed by atoms with Crippen LogP contribution in [0.5, 0.6) is 0 Å². The zero-order valence-corrected chi connectivity index (χ0v) is 14.0. The third-order valence-corrected chi connectivity index (χ3v) is 4.89. The summed E-state index contributed by atoms with van der Waals surface area (Å²) in [5.74, 6) is 0.834. The number of β-amino-alcohol motifs (C(OH)–C–C–N with tert-alkyl or cyclic N) is 1. The SMILES string of the molecule is CC1CCN(C[C@@H](O)CN2CCO[C@H](Cn3cncn3)C2)CC1. The predicted octanol–water partition coefficient (Wildman–Crippen LogP) is 0.0717. The van der Waals surface area contributed by atoms with E-state index in [0.717, 1.165) is 51.7 Å². The first-order valence-electron chi connectivity index (χ1n) is 8.76. The van der Waals surface area contributed by atoms with Gasteiger partial charge in [0.15, 0.2) is 0 Å². The highest BCUT2D eigenvalue weighted by molar-refractivity contribution is 4.78. The van der Waals surface area contributed by atoms with Gasteiger partial charge in [-0.25, -0.2) is 4.98 Å². The molecule has 0 amide bonds. The molecule has 130 valence electrons. The Morgan fingerprint density at radius 3 is 2.74 bits per heavy atom. The number of nitrogens with zero attached hydrogens (tertiary/aromatic N) is 5. The summed E-state index contributed by atoms with van der Waals surface area (Å²) in [5.41, 5.74) is 0. The number of aromatic nitrogens is 3. The highest BCUT2D eigenvalue weighted by atomic mass is 16.5. The van der Waals surface area contributed by atoms with Gasteiger partial charge in [-0.2, -0.15) is 5.10 Å². The molecule has 7 nitrogen and oxygen atoms in total. The molecule has 0 spiro atoms. The van der Waals surface area contributed by atoms with Gasteiger partial charge in [-0.15, -0.1) is 0 Å². The minimum atomic E-state index is -0.284. The molecule has 0 aliphatic carbocycles. The number of likely N-dealkylation sites (tertiary alicyclic amines) is 1. The average molecular weight is 323 g/mol. The van der Waals surface area contributed by atoms with Gasteiger partial charge in [0.2, 0.25) is 0 Å². The summed E-state index contributed by atoms with van der Waals surface area (Å²) < 4.78 is 7.61. The summed E-state index contributed by atoms with van der Waals surface area (Å²) in [6.07, 6.45) is 5.61. The number of aliphatic hydroxyl groups excluding tert-OH is 1. The summed E-state index contributed by atoms with van der Waals surface area (Å²) in [7, 11) is 0. The molecule has 1 aromatic heterocycles. The molecule has 2 saturated heterocycles. The number of ether oxygens (including phenoxy) is 1. The van der Waals surface area contributed by atoms with Crippen LogP contribution in [0.1, 0.15) is 19.8 Å².